The molecule has 2 aliphatic rings. The molecule has 1 aliphatic carbocycles. The standard InChI is InChI=1S/C22H19BrF3N3O3/c1-3-13(7-6-12(2)20(30)28-9-10-32-16-11-15(16)28)14-5-4-8-29-19(14)27-18(22(24,25)26)17(23)21(29)31/h3-8,15-16H,1,9-11H2,2H3/b12-6+,13-7+. The predicted octanol–water partition coefficient (Wildman–Crippen LogP) is 3.99. The van der Waals surface area contributed by atoms with Gasteiger partial charge in [-0.3, -0.25) is 14.0 Å². The van der Waals surface area contributed by atoms with E-state index in [9.17, 15) is 22.8 Å². The Balaban J connectivity index is 1.74. The summed E-state index contributed by atoms with van der Waals surface area (Å²) in [5.74, 6) is -0.115. The molecular weight excluding hydrogens is 491 g/mol. The third-order valence-corrected chi connectivity index (χ3v) is 6.19. The highest BCUT2D eigenvalue weighted by atomic mass is 79.9. The Morgan fingerprint density at radius 1 is 1.38 bits per heavy atom. The van der Waals surface area contributed by atoms with Gasteiger partial charge in [-0.15, -0.1) is 0 Å². The lowest BCUT2D eigenvalue weighted by molar-refractivity contribution is -0.141. The van der Waals surface area contributed by atoms with E-state index in [-0.39, 0.29) is 29.3 Å². The maximum atomic E-state index is 13.4. The van der Waals surface area contributed by atoms with Gasteiger partial charge in [0.1, 0.15) is 10.1 Å². The Kier molecular flexibility index (Phi) is 5.85. The predicted molar refractivity (Wildman–Crippen MR) is 116 cm³/mol. The second kappa shape index (κ2) is 8.32. The third-order valence-electron chi connectivity index (χ3n) is 5.47. The summed E-state index contributed by atoms with van der Waals surface area (Å²) in [4.78, 5) is 30.8. The van der Waals surface area contributed by atoms with Crippen molar-refractivity contribution in [1.82, 2.24) is 14.3 Å². The number of fused-ring (bicyclic) bond motifs is 2. The molecule has 6 nitrogen and oxygen atoms in total. The first-order valence-electron chi connectivity index (χ1n) is 9.85. The maximum Gasteiger partial charge on any atom is 0.434 e. The van der Waals surface area contributed by atoms with E-state index >= 15 is 0 Å². The SMILES string of the molecule is C=C/C(=C\C=C(/C)C(=O)N1CCOC2CC21)c1cccn2c(=O)c(Br)c(C(F)(F)F)nc12. The van der Waals surface area contributed by atoms with Gasteiger partial charge >= 0.3 is 6.18 Å². The first-order chi connectivity index (χ1) is 15.1. The highest BCUT2D eigenvalue weighted by Crippen LogP contribution is 2.35. The van der Waals surface area contributed by atoms with Crippen LogP contribution in [0.15, 0.2) is 58.0 Å². The lowest BCUT2D eigenvalue weighted by Crippen LogP contribution is -2.41. The van der Waals surface area contributed by atoms with Crippen LogP contribution in [0.1, 0.15) is 24.6 Å². The van der Waals surface area contributed by atoms with Gasteiger partial charge in [0, 0.05) is 23.9 Å². The Hall–Kier alpha value is -2.72. The number of hydrogen-bond donors (Lipinski definition) is 0. The van der Waals surface area contributed by atoms with Gasteiger partial charge in [0.2, 0.25) is 5.91 Å². The molecule has 0 bridgehead atoms. The molecule has 4 rings (SSSR count). The number of pyridine rings is 1. The van der Waals surface area contributed by atoms with Crippen LogP contribution in [0.5, 0.6) is 0 Å². The molecule has 2 unspecified atom stereocenters. The van der Waals surface area contributed by atoms with Crippen molar-refractivity contribution in [3.05, 3.63) is 74.8 Å². The van der Waals surface area contributed by atoms with E-state index in [1.807, 2.05) is 0 Å². The zero-order chi connectivity index (χ0) is 23.2. The smallest absolute Gasteiger partial charge is 0.374 e. The molecule has 2 aromatic heterocycles. The molecule has 3 heterocycles. The molecule has 168 valence electrons. The number of morpholine rings is 1. The van der Waals surface area contributed by atoms with Gasteiger partial charge in [-0.1, -0.05) is 24.8 Å². The molecule has 2 fully saturated rings. The second-order valence-corrected chi connectivity index (χ2v) is 8.37. The van der Waals surface area contributed by atoms with Crippen LogP contribution in [0.3, 0.4) is 0 Å². The summed E-state index contributed by atoms with van der Waals surface area (Å²) in [5.41, 5.74) is -1.16. The summed E-state index contributed by atoms with van der Waals surface area (Å²) < 4.78 is 46.1. The van der Waals surface area contributed by atoms with Crippen molar-refractivity contribution in [2.24, 2.45) is 0 Å². The number of carbonyl (C=O) groups excluding carboxylic acids is 1. The average Bonchev–Trinajstić information content (AvgIpc) is 3.55. The van der Waals surface area contributed by atoms with Crippen LogP contribution in [0.2, 0.25) is 0 Å². The summed E-state index contributed by atoms with van der Waals surface area (Å²) in [7, 11) is 0. The van der Waals surface area contributed by atoms with E-state index in [1.165, 1.54) is 18.3 Å². The zero-order valence-electron chi connectivity index (χ0n) is 17.0. The summed E-state index contributed by atoms with van der Waals surface area (Å²) in [6.45, 7) is 6.43. The van der Waals surface area contributed by atoms with E-state index in [0.717, 1.165) is 10.8 Å². The summed E-state index contributed by atoms with van der Waals surface area (Å²) in [6, 6.07) is 3.19. The zero-order valence-corrected chi connectivity index (χ0v) is 18.6. The summed E-state index contributed by atoms with van der Waals surface area (Å²) in [6.07, 6.45) is 2.10. The Labute approximate surface area is 189 Å². The molecule has 0 radical (unpaired) electrons. The molecule has 1 saturated carbocycles. The topological polar surface area (TPSA) is 63.9 Å². The van der Waals surface area contributed by atoms with Crippen molar-refractivity contribution in [2.45, 2.75) is 31.7 Å². The first-order valence-corrected chi connectivity index (χ1v) is 10.6. The maximum absolute atomic E-state index is 13.4. The number of halogens is 4. The van der Waals surface area contributed by atoms with E-state index in [0.29, 0.717) is 24.3 Å². The normalized spacial score (nSPS) is 21.5. The number of aromatic nitrogens is 2. The highest BCUT2D eigenvalue weighted by molar-refractivity contribution is 9.10. The van der Waals surface area contributed by atoms with Crippen molar-refractivity contribution < 1.29 is 22.7 Å². The minimum atomic E-state index is -4.81. The number of amides is 1. The largest absolute Gasteiger partial charge is 0.434 e. The van der Waals surface area contributed by atoms with Crippen LogP contribution in [0.4, 0.5) is 13.2 Å². The van der Waals surface area contributed by atoms with Crippen LogP contribution < -0.4 is 5.56 Å². The molecule has 1 aliphatic heterocycles. The van der Waals surface area contributed by atoms with E-state index in [2.05, 4.69) is 27.5 Å². The molecule has 2 atom stereocenters. The van der Waals surface area contributed by atoms with Crippen LogP contribution in [0.25, 0.3) is 11.2 Å². The molecule has 0 aromatic carbocycles. The number of hydrogen-bond acceptors (Lipinski definition) is 4. The average molecular weight is 510 g/mol. The first kappa shape index (κ1) is 22.5. The van der Waals surface area contributed by atoms with E-state index in [4.69, 9.17) is 4.74 Å². The summed E-state index contributed by atoms with van der Waals surface area (Å²) in [5, 5.41) is 0. The molecule has 2 aromatic rings. The Morgan fingerprint density at radius 3 is 2.81 bits per heavy atom. The van der Waals surface area contributed by atoms with Crippen molar-refractivity contribution in [1.29, 1.82) is 0 Å². The highest BCUT2D eigenvalue weighted by Gasteiger charge is 2.47. The third kappa shape index (κ3) is 4.04. The van der Waals surface area contributed by atoms with Crippen molar-refractivity contribution in [3.8, 4) is 0 Å². The van der Waals surface area contributed by atoms with Gasteiger partial charge in [0.05, 0.1) is 18.8 Å². The van der Waals surface area contributed by atoms with Gasteiger partial charge in [0.25, 0.3) is 5.56 Å². The Bertz CT molecular complexity index is 1230. The van der Waals surface area contributed by atoms with Gasteiger partial charge in [0.15, 0.2) is 5.69 Å². The second-order valence-electron chi connectivity index (χ2n) is 7.58. The molecule has 10 heteroatoms. The van der Waals surface area contributed by atoms with Crippen LogP contribution in [-0.4, -0.2) is 45.5 Å². The fourth-order valence-electron chi connectivity index (χ4n) is 3.72. The van der Waals surface area contributed by atoms with Gasteiger partial charge in [-0.05, 0) is 47.0 Å². The van der Waals surface area contributed by atoms with Crippen molar-refractivity contribution >= 4 is 33.1 Å². The van der Waals surface area contributed by atoms with Crippen LogP contribution in [-0.2, 0) is 15.7 Å². The number of nitrogens with zero attached hydrogens (tertiary/aromatic N) is 3. The van der Waals surface area contributed by atoms with Gasteiger partial charge < -0.3 is 9.64 Å². The molecule has 1 saturated heterocycles. The van der Waals surface area contributed by atoms with Gasteiger partial charge in [-0.25, -0.2) is 4.98 Å². The van der Waals surface area contributed by atoms with Crippen molar-refractivity contribution in [2.75, 3.05) is 13.2 Å². The number of alkyl halides is 3. The molecule has 0 N–H and O–H groups in total. The lowest BCUT2D eigenvalue weighted by atomic mass is 10.1. The number of allylic oxidation sites excluding steroid dienone is 4. The summed E-state index contributed by atoms with van der Waals surface area (Å²) >= 11 is 2.72. The molecule has 0 spiro atoms. The van der Waals surface area contributed by atoms with E-state index in [1.54, 1.807) is 30.0 Å². The number of carbonyl (C=O) groups is 1. The van der Waals surface area contributed by atoms with Crippen LogP contribution >= 0.6 is 15.9 Å². The molecular formula is C22H19BrF3N3O3. The molecule has 1 amide bonds. The van der Waals surface area contributed by atoms with E-state index < -0.39 is 21.9 Å². The van der Waals surface area contributed by atoms with Crippen molar-refractivity contribution in [3.63, 3.8) is 0 Å². The fourth-order valence-corrected chi connectivity index (χ4v) is 4.23. The Morgan fingerprint density at radius 2 is 2.12 bits per heavy atom. The lowest BCUT2D eigenvalue weighted by Gasteiger charge is -2.26. The number of ether oxygens (including phenoxy) is 1. The minimum absolute atomic E-state index is 0.107. The molecule has 32 heavy (non-hydrogen) atoms. The number of rotatable bonds is 4. The fraction of sp³-hybridized carbons (Fsp3) is 0.318. The van der Waals surface area contributed by atoms with Gasteiger partial charge in [-0.2, -0.15) is 13.2 Å². The monoisotopic (exact) mass is 509 g/mol. The van der Waals surface area contributed by atoms with Crippen LogP contribution in [0, 0.1) is 0 Å². The quantitative estimate of drug-likeness (QED) is 0.461. The minimum Gasteiger partial charge on any atom is -0.374 e.